The number of aromatic nitrogens is 2. The van der Waals surface area contributed by atoms with Gasteiger partial charge in [0, 0.05) is 10.6 Å². The molecule has 4 rings (SSSR count). The summed E-state index contributed by atoms with van der Waals surface area (Å²) in [5, 5.41) is 44.2. The molecule has 1 aromatic heterocycles. The summed E-state index contributed by atoms with van der Waals surface area (Å²) < 4.78 is 10.4. The number of aliphatic hydroxyl groups is 4. The van der Waals surface area contributed by atoms with Gasteiger partial charge in [-0.2, -0.15) is 4.98 Å². The number of benzene rings is 2. The molecular formula is C21H21ClN2O6. The van der Waals surface area contributed by atoms with Crippen LogP contribution in [-0.2, 0) is 11.2 Å². The van der Waals surface area contributed by atoms with Crippen molar-refractivity contribution in [2.75, 3.05) is 6.61 Å². The second-order valence-electron chi connectivity index (χ2n) is 7.23. The third kappa shape index (κ3) is 4.11. The molecule has 4 N–H and O–H groups in total. The Morgan fingerprint density at radius 2 is 1.73 bits per heavy atom. The minimum atomic E-state index is -1.43. The van der Waals surface area contributed by atoms with Crippen molar-refractivity contribution in [3.8, 4) is 11.4 Å². The van der Waals surface area contributed by atoms with E-state index in [1.54, 1.807) is 18.2 Å². The minimum Gasteiger partial charge on any atom is -0.394 e. The molecule has 0 amide bonds. The molecule has 1 aliphatic rings. The van der Waals surface area contributed by atoms with Gasteiger partial charge in [0.2, 0.25) is 12.2 Å². The van der Waals surface area contributed by atoms with E-state index in [0.29, 0.717) is 22.8 Å². The molecule has 9 heteroatoms. The smallest absolute Gasteiger partial charge is 0.214 e. The summed E-state index contributed by atoms with van der Waals surface area (Å²) >= 11 is 6.38. The van der Waals surface area contributed by atoms with Crippen molar-refractivity contribution >= 4 is 11.6 Å². The van der Waals surface area contributed by atoms with E-state index in [1.807, 2.05) is 24.3 Å². The Morgan fingerprint density at radius 3 is 2.40 bits per heavy atom. The lowest BCUT2D eigenvalue weighted by molar-refractivity contribution is -0.231. The Kier molecular flexibility index (Phi) is 6.14. The van der Waals surface area contributed by atoms with E-state index in [2.05, 4.69) is 10.1 Å². The largest absolute Gasteiger partial charge is 0.394 e. The molecule has 0 aliphatic carbocycles. The highest BCUT2D eigenvalue weighted by atomic mass is 35.5. The van der Waals surface area contributed by atoms with Crippen LogP contribution in [0.1, 0.15) is 22.8 Å². The molecule has 2 aromatic carbocycles. The number of halogens is 1. The molecule has 5 atom stereocenters. The summed E-state index contributed by atoms with van der Waals surface area (Å²) in [7, 11) is 0. The third-order valence-electron chi connectivity index (χ3n) is 5.26. The van der Waals surface area contributed by atoms with Crippen molar-refractivity contribution in [1.82, 2.24) is 10.1 Å². The lowest BCUT2D eigenvalue weighted by Gasteiger charge is -2.40. The lowest BCUT2D eigenvalue weighted by atomic mass is 9.90. The molecule has 0 spiro atoms. The van der Waals surface area contributed by atoms with Gasteiger partial charge in [-0.1, -0.05) is 53.2 Å². The standard InChI is InChI=1S/C21H21ClN2O6/c22-15-6-5-13(20-19(28)18(27)17(26)16(9-25)30-20)8-14(15)7-11-1-3-12(4-2-11)21-23-10-29-24-21/h1-6,8,10,16-20,25-28H,7,9H2/t16-,17-,18+,19-,20+/m1/s1. The van der Waals surface area contributed by atoms with Crippen molar-refractivity contribution in [2.24, 2.45) is 0 Å². The average Bonchev–Trinajstić information content (AvgIpc) is 3.30. The van der Waals surface area contributed by atoms with Crippen molar-refractivity contribution in [3.05, 3.63) is 70.6 Å². The maximum absolute atomic E-state index is 10.4. The first-order valence-corrected chi connectivity index (χ1v) is 9.80. The first-order chi connectivity index (χ1) is 14.5. The molecule has 158 valence electrons. The van der Waals surface area contributed by atoms with Gasteiger partial charge < -0.3 is 29.7 Å². The molecule has 3 aromatic rings. The molecule has 0 unspecified atom stereocenters. The zero-order chi connectivity index (χ0) is 21.3. The summed E-state index contributed by atoms with van der Waals surface area (Å²) in [6, 6.07) is 12.8. The quantitative estimate of drug-likeness (QED) is 0.477. The highest BCUT2D eigenvalue weighted by Gasteiger charge is 2.44. The molecule has 1 fully saturated rings. The van der Waals surface area contributed by atoms with Crippen molar-refractivity contribution in [1.29, 1.82) is 0 Å². The molecule has 0 saturated carbocycles. The fourth-order valence-electron chi connectivity index (χ4n) is 3.57. The fourth-order valence-corrected chi connectivity index (χ4v) is 3.76. The summed E-state index contributed by atoms with van der Waals surface area (Å²) in [4.78, 5) is 4.02. The van der Waals surface area contributed by atoms with Crippen LogP contribution in [0.5, 0.6) is 0 Å². The van der Waals surface area contributed by atoms with Gasteiger partial charge in [0.25, 0.3) is 0 Å². The summed E-state index contributed by atoms with van der Waals surface area (Å²) in [6.07, 6.45) is -4.25. The van der Waals surface area contributed by atoms with E-state index in [-0.39, 0.29) is 0 Å². The Bertz CT molecular complexity index is 980. The van der Waals surface area contributed by atoms with Gasteiger partial charge in [0.05, 0.1) is 6.61 Å². The lowest BCUT2D eigenvalue weighted by Crippen LogP contribution is -2.55. The minimum absolute atomic E-state index is 0.478. The van der Waals surface area contributed by atoms with E-state index in [1.165, 1.54) is 6.39 Å². The first-order valence-electron chi connectivity index (χ1n) is 9.42. The van der Waals surface area contributed by atoms with E-state index in [0.717, 1.165) is 16.7 Å². The molecule has 2 heterocycles. The van der Waals surface area contributed by atoms with Crippen molar-refractivity contribution in [2.45, 2.75) is 36.9 Å². The normalized spacial score (nSPS) is 26.6. The van der Waals surface area contributed by atoms with Crippen molar-refractivity contribution < 1.29 is 29.7 Å². The van der Waals surface area contributed by atoms with Crippen LogP contribution in [0.4, 0.5) is 0 Å². The number of rotatable bonds is 5. The Morgan fingerprint density at radius 1 is 0.967 bits per heavy atom. The van der Waals surface area contributed by atoms with Crippen molar-refractivity contribution in [3.63, 3.8) is 0 Å². The Labute approximate surface area is 177 Å². The zero-order valence-corrected chi connectivity index (χ0v) is 16.6. The van der Waals surface area contributed by atoms with Gasteiger partial charge >= 0.3 is 0 Å². The molecule has 30 heavy (non-hydrogen) atoms. The molecule has 1 saturated heterocycles. The van der Waals surface area contributed by atoms with Gasteiger partial charge in [-0.25, -0.2) is 0 Å². The summed E-state index contributed by atoms with van der Waals surface area (Å²) in [5.41, 5.74) is 3.22. The monoisotopic (exact) mass is 432 g/mol. The second-order valence-corrected chi connectivity index (χ2v) is 7.64. The van der Waals surface area contributed by atoms with E-state index in [4.69, 9.17) is 20.9 Å². The number of nitrogens with zero attached hydrogens (tertiary/aromatic N) is 2. The van der Waals surface area contributed by atoms with Gasteiger partial charge in [0.15, 0.2) is 0 Å². The van der Waals surface area contributed by atoms with Gasteiger partial charge in [-0.3, -0.25) is 0 Å². The van der Waals surface area contributed by atoms with Crippen LogP contribution in [0.15, 0.2) is 53.4 Å². The summed E-state index contributed by atoms with van der Waals surface area (Å²) in [5.74, 6) is 0.504. The molecular weight excluding hydrogens is 412 g/mol. The second kappa shape index (κ2) is 8.81. The number of hydrogen-bond donors (Lipinski definition) is 4. The number of hydrogen-bond acceptors (Lipinski definition) is 8. The summed E-state index contributed by atoms with van der Waals surface area (Å²) in [6.45, 7) is -0.478. The predicted molar refractivity (Wildman–Crippen MR) is 107 cm³/mol. The highest BCUT2D eigenvalue weighted by Crippen LogP contribution is 2.34. The SMILES string of the molecule is OC[C@H]1O[C@@H](c2ccc(Cl)c(Cc3ccc(-c4ncon4)cc3)c2)[C@H](O)[C@@H](O)[C@@H]1O. The Hall–Kier alpha value is -2.33. The predicted octanol–water partition coefficient (Wildman–Crippen LogP) is 1.50. The third-order valence-corrected chi connectivity index (χ3v) is 5.63. The highest BCUT2D eigenvalue weighted by molar-refractivity contribution is 6.31. The van der Waals surface area contributed by atoms with E-state index in [9.17, 15) is 20.4 Å². The fraction of sp³-hybridized carbons (Fsp3) is 0.333. The van der Waals surface area contributed by atoms with Crippen LogP contribution < -0.4 is 0 Å². The Balaban J connectivity index is 1.56. The van der Waals surface area contributed by atoms with Crippen LogP contribution in [-0.4, -0.2) is 61.6 Å². The number of ether oxygens (including phenoxy) is 1. The maximum atomic E-state index is 10.4. The molecule has 0 radical (unpaired) electrons. The maximum Gasteiger partial charge on any atom is 0.214 e. The van der Waals surface area contributed by atoms with Crippen LogP contribution in [0, 0.1) is 0 Å². The van der Waals surface area contributed by atoms with Gasteiger partial charge in [0.1, 0.15) is 30.5 Å². The zero-order valence-electron chi connectivity index (χ0n) is 15.8. The molecule has 1 aliphatic heterocycles. The van der Waals surface area contributed by atoms with E-state index >= 15 is 0 Å². The molecule has 0 bridgehead atoms. The van der Waals surface area contributed by atoms with Crippen LogP contribution in [0.3, 0.4) is 0 Å². The van der Waals surface area contributed by atoms with E-state index < -0.39 is 37.1 Å². The van der Waals surface area contributed by atoms with Crippen LogP contribution in [0.2, 0.25) is 5.02 Å². The first kappa shape index (κ1) is 20.9. The van der Waals surface area contributed by atoms with Gasteiger partial charge in [-0.15, -0.1) is 0 Å². The van der Waals surface area contributed by atoms with Gasteiger partial charge in [-0.05, 0) is 29.2 Å². The number of aliphatic hydroxyl groups excluding tert-OH is 4. The average molecular weight is 433 g/mol. The topological polar surface area (TPSA) is 129 Å². The van der Waals surface area contributed by atoms with Crippen LogP contribution >= 0.6 is 11.6 Å². The molecule has 8 nitrogen and oxygen atoms in total. The van der Waals surface area contributed by atoms with Crippen LogP contribution in [0.25, 0.3) is 11.4 Å².